The van der Waals surface area contributed by atoms with E-state index in [2.05, 4.69) is 57.3 Å². The van der Waals surface area contributed by atoms with E-state index in [1.165, 1.54) is 43.0 Å². The van der Waals surface area contributed by atoms with Crippen LogP contribution in [0.5, 0.6) is 0 Å². The second-order valence-corrected chi connectivity index (χ2v) is 5.64. The van der Waals surface area contributed by atoms with Gasteiger partial charge in [0.25, 0.3) is 0 Å². The van der Waals surface area contributed by atoms with Crippen molar-refractivity contribution < 1.29 is 0 Å². The maximum absolute atomic E-state index is 4.35. The number of nitrogens with one attached hydrogen (secondary N) is 1. The maximum atomic E-state index is 4.35. The average Bonchev–Trinajstić information content (AvgIpc) is 3.18. The molecule has 0 spiro atoms. The highest BCUT2D eigenvalue weighted by atomic mass is 15.3. The van der Waals surface area contributed by atoms with Crippen LogP contribution in [0.2, 0.25) is 0 Å². The third-order valence-corrected chi connectivity index (χ3v) is 4.05. The first-order valence-electron chi connectivity index (χ1n) is 7.96. The Morgan fingerprint density at radius 3 is 2.57 bits per heavy atom. The minimum absolute atomic E-state index is 0.822. The van der Waals surface area contributed by atoms with E-state index >= 15 is 0 Å². The van der Waals surface area contributed by atoms with Gasteiger partial charge in [-0.25, -0.2) is 0 Å². The van der Waals surface area contributed by atoms with Gasteiger partial charge in [0, 0.05) is 37.2 Å². The van der Waals surface area contributed by atoms with E-state index < -0.39 is 0 Å². The molecular formula is C17H24N4. The van der Waals surface area contributed by atoms with Crippen LogP contribution in [0.25, 0.3) is 0 Å². The summed E-state index contributed by atoms with van der Waals surface area (Å²) in [6.45, 7) is 6.38. The topological polar surface area (TPSA) is 33.1 Å². The number of aromatic nitrogens is 2. The van der Waals surface area contributed by atoms with Crippen molar-refractivity contribution in [1.82, 2.24) is 9.78 Å². The van der Waals surface area contributed by atoms with Crippen LogP contribution in [-0.4, -0.2) is 22.9 Å². The number of aryl methyl sites for hydroxylation is 1. The lowest BCUT2D eigenvalue weighted by Crippen LogP contribution is -2.17. The van der Waals surface area contributed by atoms with Crippen LogP contribution < -0.4 is 10.2 Å². The smallest absolute Gasteiger partial charge is 0.0575 e. The third kappa shape index (κ3) is 3.38. The Morgan fingerprint density at radius 1 is 1.10 bits per heavy atom. The summed E-state index contributed by atoms with van der Waals surface area (Å²) in [7, 11) is 0. The van der Waals surface area contributed by atoms with Crippen LogP contribution in [0.15, 0.2) is 36.5 Å². The van der Waals surface area contributed by atoms with Crippen molar-refractivity contribution in [1.29, 1.82) is 0 Å². The van der Waals surface area contributed by atoms with Crippen molar-refractivity contribution in [3.05, 3.63) is 42.2 Å². The summed E-state index contributed by atoms with van der Waals surface area (Å²) >= 11 is 0. The molecule has 0 bridgehead atoms. The Labute approximate surface area is 126 Å². The van der Waals surface area contributed by atoms with Gasteiger partial charge in [-0.05, 0) is 49.6 Å². The molecule has 1 fully saturated rings. The van der Waals surface area contributed by atoms with Crippen molar-refractivity contribution in [2.24, 2.45) is 0 Å². The molecule has 3 rings (SSSR count). The highest BCUT2D eigenvalue weighted by molar-refractivity contribution is 5.55. The van der Waals surface area contributed by atoms with Crippen LogP contribution in [0.1, 0.15) is 31.9 Å². The number of benzene rings is 1. The van der Waals surface area contributed by atoms with E-state index in [0.29, 0.717) is 0 Å². The van der Waals surface area contributed by atoms with Crippen molar-refractivity contribution in [3.8, 4) is 0 Å². The molecule has 2 aromatic rings. The molecule has 1 aromatic carbocycles. The van der Waals surface area contributed by atoms with E-state index in [0.717, 1.165) is 19.5 Å². The lowest BCUT2D eigenvalue weighted by atomic mass is 10.2. The number of hydrogen-bond donors (Lipinski definition) is 1. The Hall–Kier alpha value is -1.97. The monoisotopic (exact) mass is 284 g/mol. The van der Waals surface area contributed by atoms with E-state index in [4.69, 9.17) is 0 Å². The van der Waals surface area contributed by atoms with Gasteiger partial charge in [0.1, 0.15) is 0 Å². The fourth-order valence-electron chi connectivity index (χ4n) is 2.88. The highest BCUT2D eigenvalue weighted by Crippen LogP contribution is 2.22. The Balaban J connectivity index is 1.58. The van der Waals surface area contributed by atoms with Gasteiger partial charge < -0.3 is 10.2 Å². The molecule has 2 heterocycles. The summed E-state index contributed by atoms with van der Waals surface area (Å²) in [4.78, 5) is 2.46. The normalized spacial score (nSPS) is 14.6. The first-order valence-corrected chi connectivity index (χ1v) is 7.96. The van der Waals surface area contributed by atoms with E-state index in [1.54, 1.807) is 0 Å². The standard InChI is InChI=1S/C17H24N4/c1-2-11-21-17(9-10-19-21)14-18-15-5-7-16(8-6-15)20-12-3-4-13-20/h5-10,18H,2-4,11-14H2,1H3. The van der Waals surface area contributed by atoms with Gasteiger partial charge in [0.15, 0.2) is 0 Å². The number of anilines is 2. The lowest BCUT2D eigenvalue weighted by Gasteiger charge is -2.18. The van der Waals surface area contributed by atoms with Gasteiger partial charge in [-0.15, -0.1) is 0 Å². The molecule has 4 nitrogen and oxygen atoms in total. The molecular weight excluding hydrogens is 260 g/mol. The van der Waals surface area contributed by atoms with Gasteiger partial charge in [-0.3, -0.25) is 4.68 Å². The quantitative estimate of drug-likeness (QED) is 0.881. The molecule has 0 atom stereocenters. The second-order valence-electron chi connectivity index (χ2n) is 5.64. The summed E-state index contributed by atoms with van der Waals surface area (Å²) in [6.07, 6.45) is 5.63. The van der Waals surface area contributed by atoms with Crippen molar-refractivity contribution in [2.75, 3.05) is 23.3 Å². The average molecular weight is 284 g/mol. The maximum Gasteiger partial charge on any atom is 0.0575 e. The fraction of sp³-hybridized carbons (Fsp3) is 0.471. The molecule has 1 aliphatic heterocycles. The molecule has 0 aliphatic carbocycles. The minimum Gasteiger partial charge on any atom is -0.379 e. The summed E-state index contributed by atoms with van der Waals surface area (Å²) in [5.74, 6) is 0. The summed E-state index contributed by atoms with van der Waals surface area (Å²) in [5.41, 5.74) is 3.75. The Bertz CT molecular complexity index is 552. The van der Waals surface area contributed by atoms with E-state index in [1.807, 2.05) is 6.20 Å². The van der Waals surface area contributed by atoms with E-state index in [9.17, 15) is 0 Å². The zero-order valence-electron chi connectivity index (χ0n) is 12.8. The van der Waals surface area contributed by atoms with Crippen LogP contribution >= 0.6 is 0 Å². The SMILES string of the molecule is CCCn1nccc1CNc1ccc(N2CCCC2)cc1. The molecule has 21 heavy (non-hydrogen) atoms. The van der Waals surface area contributed by atoms with Crippen molar-refractivity contribution in [2.45, 2.75) is 39.3 Å². The Kier molecular flexibility index (Phi) is 4.43. The third-order valence-electron chi connectivity index (χ3n) is 4.05. The van der Waals surface area contributed by atoms with Crippen molar-refractivity contribution >= 4 is 11.4 Å². The molecule has 0 unspecified atom stereocenters. The minimum atomic E-state index is 0.822. The first-order chi connectivity index (χ1) is 10.4. The summed E-state index contributed by atoms with van der Waals surface area (Å²) in [6, 6.07) is 10.9. The lowest BCUT2D eigenvalue weighted by molar-refractivity contribution is 0.578. The van der Waals surface area contributed by atoms with Gasteiger partial charge >= 0.3 is 0 Å². The second kappa shape index (κ2) is 6.66. The zero-order chi connectivity index (χ0) is 14.5. The number of rotatable bonds is 6. The van der Waals surface area contributed by atoms with Crippen LogP contribution in [0.4, 0.5) is 11.4 Å². The fourth-order valence-corrected chi connectivity index (χ4v) is 2.88. The molecule has 1 aromatic heterocycles. The van der Waals surface area contributed by atoms with Gasteiger partial charge in [-0.1, -0.05) is 6.92 Å². The van der Waals surface area contributed by atoms with Crippen LogP contribution in [-0.2, 0) is 13.1 Å². The summed E-state index contributed by atoms with van der Waals surface area (Å²) < 4.78 is 2.08. The molecule has 0 radical (unpaired) electrons. The molecule has 112 valence electrons. The predicted octanol–water partition coefficient (Wildman–Crippen LogP) is 3.51. The molecule has 1 N–H and O–H groups in total. The molecule has 0 saturated carbocycles. The molecule has 4 heteroatoms. The van der Waals surface area contributed by atoms with Crippen LogP contribution in [0.3, 0.4) is 0 Å². The van der Waals surface area contributed by atoms with Gasteiger partial charge in [0.2, 0.25) is 0 Å². The largest absolute Gasteiger partial charge is 0.379 e. The molecule has 1 aliphatic rings. The molecule has 0 amide bonds. The molecule has 1 saturated heterocycles. The van der Waals surface area contributed by atoms with Gasteiger partial charge in [-0.2, -0.15) is 5.10 Å². The first kappa shape index (κ1) is 14.0. The Morgan fingerprint density at radius 2 is 1.86 bits per heavy atom. The summed E-state index contributed by atoms with van der Waals surface area (Å²) in [5, 5.41) is 7.84. The zero-order valence-corrected chi connectivity index (χ0v) is 12.8. The van der Waals surface area contributed by atoms with Gasteiger partial charge in [0.05, 0.1) is 12.2 Å². The van der Waals surface area contributed by atoms with Crippen molar-refractivity contribution in [3.63, 3.8) is 0 Å². The van der Waals surface area contributed by atoms with E-state index in [-0.39, 0.29) is 0 Å². The highest BCUT2D eigenvalue weighted by Gasteiger charge is 2.11. The van der Waals surface area contributed by atoms with Crippen LogP contribution in [0, 0.1) is 0 Å². The number of hydrogen-bond acceptors (Lipinski definition) is 3. The number of nitrogens with zero attached hydrogens (tertiary/aromatic N) is 3. The predicted molar refractivity (Wildman–Crippen MR) is 87.7 cm³/mol.